The van der Waals surface area contributed by atoms with E-state index in [4.69, 9.17) is 10.3 Å². The highest BCUT2D eigenvalue weighted by Gasteiger charge is 2.31. The largest absolute Gasteiger partial charge is 0.338 e. The molecule has 2 rings (SSSR count). The summed E-state index contributed by atoms with van der Waals surface area (Å²) in [4.78, 5) is 13.3. The van der Waals surface area contributed by atoms with Crippen molar-refractivity contribution in [2.75, 3.05) is 18.0 Å². The van der Waals surface area contributed by atoms with E-state index in [-0.39, 0.29) is 11.8 Å². The lowest BCUT2D eigenvalue weighted by Gasteiger charge is -2.10. The summed E-state index contributed by atoms with van der Waals surface area (Å²) in [6.07, 6.45) is 1.32. The van der Waals surface area contributed by atoms with Gasteiger partial charge in [0.05, 0.1) is 5.69 Å². The van der Waals surface area contributed by atoms with Crippen molar-refractivity contribution in [3.8, 4) is 0 Å². The van der Waals surface area contributed by atoms with Crippen LogP contribution in [0.25, 0.3) is 0 Å². The number of carbonyl (C=O) groups is 1. The standard InChI is InChI=1S/C10H15N3O2/c1-2-8-4-10(15-12-8)13-6-7(5-11)3-9(13)14/h4,7H,2-3,5-6,11H2,1H3. The third-order valence-electron chi connectivity index (χ3n) is 2.71. The molecule has 2 heterocycles. The van der Waals surface area contributed by atoms with Gasteiger partial charge in [-0.15, -0.1) is 0 Å². The number of amides is 1. The van der Waals surface area contributed by atoms with Gasteiger partial charge in [-0.2, -0.15) is 0 Å². The topological polar surface area (TPSA) is 72.4 Å². The highest BCUT2D eigenvalue weighted by Crippen LogP contribution is 2.25. The minimum Gasteiger partial charge on any atom is -0.338 e. The van der Waals surface area contributed by atoms with Crippen molar-refractivity contribution >= 4 is 11.8 Å². The molecule has 0 radical (unpaired) electrons. The highest BCUT2D eigenvalue weighted by molar-refractivity contribution is 5.94. The van der Waals surface area contributed by atoms with Gasteiger partial charge in [-0.3, -0.25) is 9.69 Å². The lowest BCUT2D eigenvalue weighted by Crippen LogP contribution is -2.25. The van der Waals surface area contributed by atoms with E-state index < -0.39 is 0 Å². The van der Waals surface area contributed by atoms with Gasteiger partial charge in [0.1, 0.15) is 0 Å². The Hall–Kier alpha value is -1.36. The van der Waals surface area contributed by atoms with E-state index >= 15 is 0 Å². The fourth-order valence-corrected chi connectivity index (χ4v) is 1.75. The first kappa shape index (κ1) is 10.2. The predicted molar refractivity (Wildman–Crippen MR) is 55.4 cm³/mol. The minimum absolute atomic E-state index is 0.0734. The second-order valence-electron chi connectivity index (χ2n) is 3.82. The molecule has 0 aliphatic carbocycles. The molecule has 2 N–H and O–H groups in total. The van der Waals surface area contributed by atoms with Crippen molar-refractivity contribution in [2.24, 2.45) is 11.7 Å². The summed E-state index contributed by atoms with van der Waals surface area (Å²) in [6, 6.07) is 1.82. The summed E-state index contributed by atoms with van der Waals surface area (Å²) in [5.41, 5.74) is 6.41. The number of hydrogen-bond donors (Lipinski definition) is 1. The molecule has 1 fully saturated rings. The minimum atomic E-state index is 0.0734. The van der Waals surface area contributed by atoms with Gasteiger partial charge in [-0.1, -0.05) is 12.1 Å². The number of nitrogens with two attached hydrogens (primary N) is 1. The van der Waals surface area contributed by atoms with E-state index in [2.05, 4.69) is 5.16 Å². The lowest BCUT2D eigenvalue weighted by atomic mass is 10.1. The number of carbonyl (C=O) groups excluding carboxylic acids is 1. The van der Waals surface area contributed by atoms with Crippen LogP contribution in [-0.2, 0) is 11.2 Å². The molecule has 1 saturated heterocycles. The van der Waals surface area contributed by atoms with Gasteiger partial charge in [0.15, 0.2) is 0 Å². The third-order valence-corrected chi connectivity index (χ3v) is 2.71. The molecule has 0 saturated carbocycles. The Labute approximate surface area is 88.2 Å². The van der Waals surface area contributed by atoms with Gasteiger partial charge in [0.25, 0.3) is 0 Å². The summed E-state index contributed by atoms with van der Waals surface area (Å²) in [7, 11) is 0. The van der Waals surface area contributed by atoms with Crippen LogP contribution < -0.4 is 10.6 Å². The fourth-order valence-electron chi connectivity index (χ4n) is 1.75. The molecule has 82 valence electrons. The Bertz CT molecular complexity index is 361. The van der Waals surface area contributed by atoms with E-state index in [1.807, 2.05) is 13.0 Å². The molecular formula is C10H15N3O2. The van der Waals surface area contributed by atoms with Crippen LogP contribution in [0.15, 0.2) is 10.6 Å². The van der Waals surface area contributed by atoms with E-state index in [0.29, 0.717) is 25.4 Å². The van der Waals surface area contributed by atoms with Crippen molar-refractivity contribution in [1.82, 2.24) is 5.16 Å². The van der Waals surface area contributed by atoms with Gasteiger partial charge in [-0.25, -0.2) is 0 Å². The third kappa shape index (κ3) is 1.87. The molecule has 1 amide bonds. The maximum Gasteiger partial charge on any atom is 0.234 e. The summed E-state index contributed by atoms with van der Waals surface area (Å²) < 4.78 is 5.12. The smallest absolute Gasteiger partial charge is 0.234 e. The van der Waals surface area contributed by atoms with Crippen molar-refractivity contribution in [3.05, 3.63) is 11.8 Å². The van der Waals surface area contributed by atoms with Crippen molar-refractivity contribution < 1.29 is 9.32 Å². The van der Waals surface area contributed by atoms with Crippen molar-refractivity contribution in [2.45, 2.75) is 19.8 Å². The second kappa shape index (κ2) is 4.02. The molecule has 1 aromatic heterocycles. The monoisotopic (exact) mass is 209 g/mol. The van der Waals surface area contributed by atoms with Crippen molar-refractivity contribution in [1.29, 1.82) is 0 Å². The summed E-state index contributed by atoms with van der Waals surface area (Å²) in [5, 5.41) is 3.86. The number of anilines is 1. The van der Waals surface area contributed by atoms with Crippen LogP contribution in [0.5, 0.6) is 0 Å². The van der Waals surface area contributed by atoms with Crippen LogP contribution in [0, 0.1) is 5.92 Å². The molecule has 5 heteroatoms. The van der Waals surface area contributed by atoms with Crippen LogP contribution in [0.4, 0.5) is 5.88 Å². The first-order valence-electron chi connectivity index (χ1n) is 5.20. The number of rotatable bonds is 3. The maximum atomic E-state index is 11.6. The number of nitrogens with zero attached hydrogens (tertiary/aromatic N) is 2. The van der Waals surface area contributed by atoms with Crippen LogP contribution in [0.2, 0.25) is 0 Å². The van der Waals surface area contributed by atoms with E-state index in [1.54, 1.807) is 4.90 Å². The average Bonchev–Trinajstić information content (AvgIpc) is 2.83. The Morgan fingerprint density at radius 3 is 3.07 bits per heavy atom. The van der Waals surface area contributed by atoms with Gasteiger partial charge >= 0.3 is 0 Å². The average molecular weight is 209 g/mol. The predicted octanol–water partition coefficient (Wildman–Crippen LogP) is 0.549. The second-order valence-corrected chi connectivity index (χ2v) is 3.82. The molecule has 1 aliphatic rings. The van der Waals surface area contributed by atoms with Crippen LogP contribution in [-0.4, -0.2) is 24.2 Å². The highest BCUT2D eigenvalue weighted by atomic mass is 16.5. The zero-order valence-electron chi connectivity index (χ0n) is 8.77. The van der Waals surface area contributed by atoms with E-state index in [1.165, 1.54) is 0 Å². The number of aryl methyl sites for hydroxylation is 1. The zero-order valence-corrected chi connectivity index (χ0v) is 8.77. The lowest BCUT2D eigenvalue weighted by molar-refractivity contribution is -0.117. The maximum absolute atomic E-state index is 11.6. The fraction of sp³-hybridized carbons (Fsp3) is 0.600. The quantitative estimate of drug-likeness (QED) is 0.789. The van der Waals surface area contributed by atoms with Gasteiger partial charge in [-0.05, 0) is 18.9 Å². The first-order chi connectivity index (χ1) is 7.24. The van der Waals surface area contributed by atoms with E-state index in [9.17, 15) is 4.79 Å². The molecule has 0 aromatic carbocycles. The molecule has 1 aromatic rings. The van der Waals surface area contributed by atoms with Crippen LogP contribution in [0.1, 0.15) is 19.0 Å². The van der Waals surface area contributed by atoms with Gasteiger partial charge in [0.2, 0.25) is 11.8 Å². The molecule has 15 heavy (non-hydrogen) atoms. The van der Waals surface area contributed by atoms with E-state index in [0.717, 1.165) is 12.1 Å². The Morgan fingerprint density at radius 1 is 1.73 bits per heavy atom. The Balaban J connectivity index is 2.14. The molecule has 1 atom stereocenters. The first-order valence-corrected chi connectivity index (χ1v) is 5.20. The summed E-state index contributed by atoms with van der Waals surface area (Å²) >= 11 is 0. The summed E-state index contributed by atoms with van der Waals surface area (Å²) in [6.45, 7) is 3.18. The van der Waals surface area contributed by atoms with Crippen LogP contribution in [0.3, 0.4) is 0 Å². The van der Waals surface area contributed by atoms with Crippen LogP contribution >= 0.6 is 0 Å². The van der Waals surface area contributed by atoms with Crippen molar-refractivity contribution in [3.63, 3.8) is 0 Å². The normalized spacial score (nSPS) is 21.3. The molecular weight excluding hydrogens is 194 g/mol. The SMILES string of the molecule is CCc1cc(N2CC(CN)CC2=O)on1. The Kier molecular flexibility index (Phi) is 2.73. The number of aromatic nitrogens is 1. The molecule has 0 spiro atoms. The van der Waals surface area contributed by atoms with Gasteiger partial charge < -0.3 is 10.3 Å². The Morgan fingerprint density at radius 2 is 2.53 bits per heavy atom. The molecule has 5 nitrogen and oxygen atoms in total. The zero-order chi connectivity index (χ0) is 10.8. The summed E-state index contributed by atoms with van der Waals surface area (Å²) in [5.74, 6) is 0.865. The molecule has 1 aliphatic heterocycles. The number of hydrogen-bond acceptors (Lipinski definition) is 4. The molecule has 0 bridgehead atoms. The van der Waals surface area contributed by atoms with Gasteiger partial charge in [0, 0.05) is 19.0 Å². The molecule has 1 unspecified atom stereocenters.